The zero-order valence-corrected chi connectivity index (χ0v) is 16.0. The topological polar surface area (TPSA) is 62.5 Å². The minimum Gasteiger partial charge on any atom is -0.364 e. The summed E-state index contributed by atoms with van der Waals surface area (Å²) in [4.78, 5) is 4.58. The zero-order chi connectivity index (χ0) is 14.9. The maximum absolute atomic E-state index is 4.83. The van der Waals surface area contributed by atoms with E-state index in [-0.39, 0.29) is 24.0 Å². The maximum Gasteiger partial charge on any atom is 0.191 e. The van der Waals surface area contributed by atoms with Crippen LogP contribution < -0.4 is 10.6 Å². The number of aromatic nitrogens is 1. The molecule has 0 aromatic carbocycles. The first kappa shape index (κ1) is 19.3. The van der Waals surface area contributed by atoms with Crippen LogP contribution in [-0.4, -0.2) is 23.7 Å². The molecule has 1 aliphatic rings. The van der Waals surface area contributed by atoms with Gasteiger partial charge in [0.2, 0.25) is 0 Å². The van der Waals surface area contributed by atoms with Crippen molar-refractivity contribution < 1.29 is 4.52 Å². The van der Waals surface area contributed by atoms with Crippen LogP contribution >= 0.6 is 24.0 Å². The Morgan fingerprint density at radius 2 is 2.09 bits per heavy atom. The van der Waals surface area contributed by atoms with Crippen LogP contribution in [0.3, 0.4) is 0 Å². The maximum atomic E-state index is 4.83. The van der Waals surface area contributed by atoms with Gasteiger partial charge in [0.1, 0.15) is 12.0 Å². The Labute approximate surface area is 150 Å². The SMILES string of the molecule is CCCC1CCC(NC(=NCc2ccon2)NCC)CC1.I. The van der Waals surface area contributed by atoms with Crippen LogP contribution in [0.5, 0.6) is 0 Å². The molecule has 2 rings (SSSR count). The Hall–Kier alpha value is -0.790. The monoisotopic (exact) mass is 420 g/mol. The Balaban J connectivity index is 0.00000242. The van der Waals surface area contributed by atoms with Gasteiger partial charge in [0.15, 0.2) is 5.96 Å². The number of aliphatic imine (C=N–C) groups is 1. The molecule has 0 bridgehead atoms. The molecule has 0 radical (unpaired) electrons. The molecular formula is C16H29IN4O. The molecule has 126 valence electrons. The molecule has 1 saturated carbocycles. The van der Waals surface area contributed by atoms with Gasteiger partial charge >= 0.3 is 0 Å². The van der Waals surface area contributed by atoms with Crippen molar-refractivity contribution >= 4 is 29.9 Å². The van der Waals surface area contributed by atoms with Crippen LogP contribution in [0.4, 0.5) is 0 Å². The second kappa shape index (κ2) is 10.9. The van der Waals surface area contributed by atoms with E-state index in [9.17, 15) is 0 Å². The molecule has 0 aliphatic heterocycles. The molecule has 6 heteroatoms. The van der Waals surface area contributed by atoms with E-state index in [1.54, 1.807) is 6.26 Å². The van der Waals surface area contributed by atoms with Gasteiger partial charge in [-0.1, -0.05) is 24.9 Å². The third-order valence-electron chi connectivity index (χ3n) is 4.12. The highest BCUT2D eigenvalue weighted by atomic mass is 127. The normalized spacial score (nSPS) is 22.0. The molecule has 1 heterocycles. The van der Waals surface area contributed by atoms with Crippen LogP contribution in [0, 0.1) is 5.92 Å². The minimum absolute atomic E-state index is 0. The van der Waals surface area contributed by atoms with Gasteiger partial charge in [-0.3, -0.25) is 0 Å². The standard InChI is InChI=1S/C16H28N4O.HI/c1-3-5-13-6-8-14(9-7-13)19-16(17-4-2)18-12-15-10-11-21-20-15;/h10-11,13-14H,3-9,12H2,1-2H3,(H2,17,18,19);1H. The molecule has 1 aromatic heterocycles. The molecule has 2 N–H and O–H groups in total. The fraction of sp³-hybridized carbons (Fsp3) is 0.750. The van der Waals surface area contributed by atoms with Crippen molar-refractivity contribution in [2.45, 2.75) is 65.0 Å². The third-order valence-corrected chi connectivity index (χ3v) is 4.12. The Bertz CT molecular complexity index is 414. The van der Waals surface area contributed by atoms with Crippen molar-refractivity contribution in [1.29, 1.82) is 0 Å². The molecule has 1 fully saturated rings. The summed E-state index contributed by atoms with van der Waals surface area (Å²) in [6, 6.07) is 2.40. The van der Waals surface area contributed by atoms with E-state index in [2.05, 4.69) is 34.6 Å². The first-order valence-electron chi connectivity index (χ1n) is 8.25. The number of hydrogen-bond donors (Lipinski definition) is 2. The van der Waals surface area contributed by atoms with E-state index < -0.39 is 0 Å². The van der Waals surface area contributed by atoms with E-state index >= 15 is 0 Å². The lowest BCUT2D eigenvalue weighted by atomic mass is 9.83. The highest BCUT2D eigenvalue weighted by Crippen LogP contribution is 2.27. The van der Waals surface area contributed by atoms with Crippen LogP contribution in [0.15, 0.2) is 21.8 Å². The van der Waals surface area contributed by atoms with Crippen molar-refractivity contribution in [3.05, 3.63) is 18.0 Å². The Morgan fingerprint density at radius 3 is 2.68 bits per heavy atom. The van der Waals surface area contributed by atoms with Gasteiger partial charge in [-0.2, -0.15) is 0 Å². The molecule has 1 aromatic rings. The van der Waals surface area contributed by atoms with Gasteiger partial charge in [0.05, 0.1) is 6.54 Å². The lowest BCUT2D eigenvalue weighted by Crippen LogP contribution is -2.44. The van der Waals surface area contributed by atoms with Gasteiger partial charge in [0.25, 0.3) is 0 Å². The molecule has 0 atom stereocenters. The summed E-state index contributed by atoms with van der Waals surface area (Å²) in [6.07, 6.45) is 9.46. The van der Waals surface area contributed by atoms with E-state index in [0.29, 0.717) is 12.6 Å². The Kier molecular flexibility index (Phi) is 9.50. The van der Waals surface area contributed by atoms with Gasteiger partial charge in [-0.15, -0.1) is 24.0 Å². The van der Waals surface area contributed by atoms with Crippen LogP contribution in [0.25, 0.3) is 0 Å². The number of guanidine groups is 1. The molecule has 0 unspecified atom stereocenters. The largest absolute Gasteiger partial charge is 0.364 e. The molecule has 5 nitrogen and oxygen atoms in total. The summed E-state index contributed by atoms with van der Waals surface area (Å²) in [5.41, 5.74) is 0.860. The fourth-order valence-electron chi connectivity index (χ4n) is 3.00. The molecule has 1 aliphatic carbocycles. The minimum atomic E-state index is 0. The van der Waals surface area contributed by atoms with Crippen LogP contribution in [0.2, 0.25) is 0 Å². The number of nitrogens with one attached hydrogen (secondary N) is 2. The summed E-state index contributed by atoms with van der Waals surface area (Å²) < 4.78 is 4.83. The summed E-state index contributed by atoms with van der Waals surface area (Å²) >= 11 is 0. The summed E-state index contributed by atoms with van der Waals surface area (Å²) in [5.74, 6) is 1.82. The average Bonchev–Trinajstić information content (AvgIpc) is 3.01. The second-order valence-corrected chi connectivity index (χ2v) is 5.84. The van der Waals surface area contributed by atoms with Crippen molar-refractivity contribution in [2.24, 2.45) is 10.9 Å². The number of hydrogen-bond acceptors (Lipinski definition) is 3. The number of nitrogens with zero attached hydrogens (tertiary/aromatic N) is 2. The predicted octanol–water partition coefficient (Wildman–Crippen LogP) is 3.71. The van der Waals surface area contributed by atoms with Gasteiger partial charge in [0, 0.05) is 18.7 Å². The van der Waals surface area contributed by atoms with Gasteiger partial charge < -0.3 is 15.2 Å². The second-order valence-electron chi connectivity index (χ2n) is 5.84. The number of halogens is 1. The average molecular weight is 420 g/mol. The molecule has 0 spiro atoms. The molecule has 22 heavy (non-hydrogen) atoms. The van der Waals surface area contributed by atoms with Gasteiger partial charge in [-0.25, -0.2) is 4.99 Å². The molecule has 0 amide bonds. The van der Waals surface area contributed by atoms with Crippen LogP contribution in [-0.2, 0) is 6.54 Å². The van der Waals surface area contributed by atoms with Crippen molar-refractivity contribution in [3.63, 3.8) is 0 Å². The van der Waals surface area contributed by atoms with Gasteiger partial charge in [-0.05, 0) is 38.5 Å². The predicted molar refractivity (Wildman–Crippen MR) is 101 cm³/mol. The summed E-state index contributed by atoms with van der Waals surface area (Å²) in [5, 5.41) is 10.8. The van der Waals surface area contributed by atoms with E-state index in [4.69, 9.17) is 4.52 Å². The zero-order valence-electron chi connectivity index (χ0n) is 13.7. The van der Waals surface area contributed by atoms with Crippen molar-refractivity contribution in [3.8, 4) is 0 Å². The summed E-state index contributed by atoms with van der Waals surface area (Å²) in [6.45, 7) is 5.79. The summed E-state index contributed by atoms with van der Waals surface area (Å²) in [7, 11) is 0. The Morgan fingerprint density at radius 1 is 1.32 bits per heavy atom. The van der Waals surface area contributed by atoms with Crippen molar-refractivity contribution in [1.82, 2.24) is 15.8 Å². The first-order chi connectivity index (χ1) is 10.3. The fourth-order valence-corrected chi connectivity index (χ4v) is 3.00. The highest BCUT2D eigenvalue weighted by molar-refractivity contribution is 14.0. The lowest BCUT2D eigenvalue weighted by Gasteiger charge is -2.30. The number of rotatable bonds is 6. The van der Waals surface area contributed by atoms with Crippen molar-refractivity contribution in [2.75, 3.05) is 6.54 Å². The lowest BCUT2D eigenvalue weighted by molar-refractivity contribution is 0.295. The highest BCUT2D eigenvalue weighted by Gasteiger charge is 2.21. The quantitative estimate of drug-likeness (QED) is 0.419. The van der Waals surface area contributed by atoms with E-state index in [1.165, 1.54) is 38.5 Å². The van der Waals surface area contributed by atoms with E-state index in [1.807, 2.05) is 6.07 Å². The van der Waals surface area contributed by atoms with E-state index in [0.717, 1.165) is 24.1 Å². The third kappa shape index (κ3) is 6.54. The smallest absolute Gasteiger partial charge is 0.191 e. The molecule has 0 saturated heterocycles. The first-order valence-corrected chi connectivity index (χ1v) is 8.25. The molecular weight excluding hydrogens is 391 g/mol. The van der Waals surface area contributed by atoms with Crippen LogP contribution in [0.1, 0.15) is 58.1 Å².